The van der Waals surface area contributed by atoms with E-state index in [-0.39, 0.29) is 17.9 Å². The van der Waals surface area contributed by atoms with Gasteiger partial charge in [-0.2, -0.15) is 0 Å². The topological polar surface area (TPSA) is 67.9 Å². The van der Waals surface area contributed by atoms with Crippen molar-refractivity contribution in [3.63, 3.8) is 0 Å². The summed E-state index contributed by atoms with van der Waals surface area (Å²) in [6, 6.07) is 17.6. The molecular weight excluding hydrogens is 392 g/mol. The third kappa shape index (κ3) is 3.41. The number of aryl methyl sites for hydroxylation is 1. The first-order chi connectivity index (χ1) is 15.1. The van der Waals surface area contributed by atoms with E-state index in [9.17, 15) is 9.59 Å². The van der Waals surface area contributed by atoms with Gasteiger partial charge in [0, 0.05) is 18.3 Å². The molecule has 2 fully saturated rings. The number of amides is 2. The minimum absolute atomic E-state index is 0.0652. The number of rotatable bonds is 7. The average molecular weight is 418 g/mol. The molecular formula is C25H26N2O4. The Morgan fingerprint density at radius 1 is 1.23 bits per heavy atom. The van der Waals surface area contributed by atoms with Crippen molar-refractivity contribution < 1.29 is 19.1 Å². The molecule has 1 N–H and O–H groups in total. The maximum atomic E-state index is 13.4. The van der Waals surface area contributed by atoms with Gasteiger partial charge in [0.05, 0.1) is 31.6 Å². The molecule has 3 aliphatic heterocycles. The fourth-order valence-electron chi connectivity index (χ4n) is 5.06. The van der Waals surface area contributed by atoms with Gasteiger partial charge in [0.15, 0.2) is 0 Å². The first kappa shape index (κ1) is 19.8. The van der Waals surface area contributed by atoms with Crippen LogP contribution in [-0.2, 0) is 20.7 Å². The quantitative estimate of drug-likeness (QED) is 0.555. The maximum absolute atomic E-state index is 13.4. The summed E-state index contributed by atoms with van der Waals surface area (Å²) in [6.45, 7) is 0.989. The van der Waals surface area contributed by atoms with E-state index in [4.69, 9.17) is 9.47 Å². The molecule has 5 rings (SSSR count). The summed E-state index contributed by atoms with van der Waals surface area (Å²) in [5, 5.41) is 3.04. The van der Waals surface area contributed by atoms with Crippen LogP contribution in [0.4, 0.5) is 5.69 Å². The molecule has 0 radical (unpaired) electrons. The molecule has 0 saturated carbocycles. The highest BCUT2D eigenvalue weighted by molar-refractivity contribution is 6.03. The van der Waals surface area contributed by atoms with E-state index in [0.717, 1.165) is 18.5 Å². The molecule has 2 aromatic rings. The van der Waals surface area contributed by atoms with Crippen LogP contribution in [-0.4, -0.2) is 43.7 Å². The maximum Gasteiger partial charge on any atom is 0.234 e. The summed E-state index contributed by atoms with van der Waals surface area (Å²) in [5.41, 5.74) is 1.29. The predicted octanol–water partition coefficient (Wildman–Crippen LogP) is 2.73. The molecule has 2 amide bonds. The van der Waals surface area contributed by atoms with Gasteiger partial charge in [-0.25, -0.2) is 0 Å². The molecule has 0 aromatic heterocycles. The Balaban J connectivity index is 1.27. The Morgan fingerprint density at radius 3 is 2.87 bits per heavy atom. The Kier molecular flexibility index (Phi) is 5.02. The first-order valence-corrected chi connectivity index (χ1v) is 10.8. The number of nitrogens with zero attached hydrogens (tertiary/aromatic N) is 1. The van der Waals surface area contributed by atoms with Crippen molar-refractivity contribution in [1.82, 2.24) is 5.32 Å². The minimum Gasteiger partial charge on any atom is -0.497 e. The fraction of sp³-hybridized carbons (Fsp3) is 0.360. The Morgan fingerprint density at radius 2 is 2.06 bits per heavy atom. The van der Waals surface area contributed by atoms with Crippen LogP contribution in [0, 0.1) is 11.8 Å². The molecule has 2 bridgehead atoms. The molecule has 1 spiro atoms. The largest absolute Gasteiger partial charge is 0.497 e. The lowest BCUT2D eigenvalue weighted by Gasteiger charge is -2.23. The molecule has 2 saturated heterocycles. The van der Waals surface area contributed by atoms with Gasteiger partial charge in [-0.1, -0.05) is 48.6 Å². The molecule has 6 heteroatoms. The lowest BCUT2D eigenvalue weighted by Crippen LogP contribution is -2.44. The molecule has 6 nitrogen and oxygen atoms in total. The van der Waals surface area contributed by atoms with Gasteiger partial charge < -0.3 is 19.7 Å². The van der Waals surface area contributed by atoms with E-state index in [2.05, 4.69) is 17.4 Å². The number of anilines is 1. The van der Waals surface area contributed by atoms with Crippen molar-refractivity contribution in [2.45, 2.75) is 24.5 Å². The van der Waals surface area contributed by atoms with Crippen LogP contribution in [0.2, 0.25) is 0 Å². The van der Waals surface area contributed by atoms with Crippen LogP contribution in [0.5, 0.6) is 5.75 Å². The van der Waals surface area contributed by atoms with Crippen molar-refractivity contribution in [3.8, 4) is 5.75 Å². The fourth-order valence-corrected chi connectivity index (χ4v) is 5.06. The van der Waals surface area contributed by atoms with Crippen LogP contribution in [0.3, 0.4) is 0 Å². The Bertz CT molecular complexity index is 1020. The zero-order chi connectivity index (χ0) is 21.4. The SMILES string of the molecule is COc1cccc(N2C[C@@]34C=C[C@@H](O3)[C@@H](C(=O)NCCCc3ccccc3)[C@@H]4C2=O)c1. The third-order valence-corrected chi connectivity index (χ3v) is 6.55. The van der Waals surface area contributed by atoms with Crippen LogP contribution >= 0.6 is 0 Å². The number of fused-ring (bicyclic) bond motifs is 1. The van der Waals surface area contributed by atoms with E-state index in [1.807, 2.05) is 54.6 Å². The number of methoxy groups -OCH3 is 1. The highest BCUT2D eigenvalue weighted by atomic mass is 16.5. The number of nitrogens with one attached hydrogen (secondary N) is 1. The van der Waals surface area contributed by atoms with Crippen molar-refractivity contribution >= 4 is 17.5 Å². The van der Waals surface area contributed by atoms with Gasteiger partial charge in [0.25, 0.3) is 0 Å². The van der Waals surface area contributed by atoms with Crippen molar-refractivity contribution in [2.75, 3.05) is 25.1 Å². The Hall–Kier alpha value is -3.12. The number of benzene rings is 2. The molecule has 0 aliphatic carbocycles. The molecule has 160 valence electrons. The zero-order valence-corrected chi connectivity index (χ0v) is 17.5. The summed E-state index contributed by atoms with van der Waals surface area (Å²) in [7, 11) is 1.60. The lowest BCUT2D eigenvalue weighted by molar-refractivity contribution is -0.131. The highest BCUT2D eigenvalue weighted by Gasteiger charge is 2.67. The van der Waals surface area contributed by atoms with Crippen molar-refractivity contribution in [1.29, 1.82) is 0 Å². The summed E-state index contributed by atoms with van der Waals surface area (Å²) in [6.07, 6.45) is 5.33. The number of ether oxygens (including phenoxy) is 2. The van der Waals surface area contributed by atoms with E-state index >= 15 is 0 Å². The van der Waals surface area contributed by atoms with Crippen molar-refractivity contribution in [3.05, 3.63) is 72.3 Å². The standard InChI is InChI=1S/C25H26N2O4/c1-30-19-11-5-10-18(15-19)27-16-25-13-12-20(31-25)21(22(25)24(27)29)23(28)26-14-6-9-17-7-3-2-4-8-17/h2-5,7-8,10-13,15,20-22H,6,9,14,16H2,1H3,(H,26,28)/t20-,21-,22-,25-/m1/s1. The van der Waals surface area contributed by atoms with Gasteiger partial charge >= 0.3 is 0 Å². The van der Waals surface area contributed by atoms with Crippen LogP contribution in [0.25, 0.3) is 0 Å². The third-order valence-electron chi connectivity index (χ3n) is 6.55. The summed E-state index contributed by atoms with van der Waals surface area (Å²) in [4.78, 5) is 28.2. The highest BCUT2D eigenvalue weighted by Crippen LogP contribution is 2.52. The second-order valence-corrected chi connectivity index (χ2v) is 8.41. The summed E-state index contributed by atoms with van der Waals surface area (Å²) in [5.74, 6) is -0.472. The first-order valence-electron chi connectivity index (χ1n) is 10.8. The second kappa shape index (κ2) is 7.85. The monoisotopic (exact) mass is 418 g/mol. The number of carbonyl (C=O) groups excluding carboxylic acids is 2. The van der Waals surface area contributed by atoms with Crippen LogP contribution in [0.15, 0.2) is 66.7 Å². The van der Waals surface area contributed by atoms with E-state index in [1.165, 1.54) is 5.56 Å². The van der Waals surface area contributed by atoms with Gasteiger partial charge in [-0.3, -0.25) is 9.59 Å². The number of hydrogen-bond acceptors (Lipinski definition) is 4. The second-order valence-electron chi connectivity index (χ2n) is 8.41. The molecule has 4 atom stereocenters. The van der Waals surface area contributed by atoms with Gasteiger partial charge in [-0.05, 0) is 30.5 Å². The normalized spacial score (nSPS) is 28.1. The molecule has 0 unspecified atom stereocenters. The molecule has 3 heterocycles. The van der Waals surface area contributed by atoms with E-state index < -0.39 is 17.4 Å². The lowest BCUT2D eigenvalue weighted by atomic mass is 9.77. The van der Waals surface area contributed by atoms with E-state index in [1.54, 1.807) is 12.0 Å². The minimum atomic E-state index is -0.725. The Labute approximate surface area is 181 Å². The molecule has 3 aliphatic rings. The zero-order valence-electron chi connectivity index (χ0n) is 17.5. The molecule has 2 aromatic carbocycles. The number of hydrogen-bond donors (Lipinski definition) is 1. The average Bonchev–Trinajstić information content (AvgIpc) is 3.45. The van der Waals surface area contributed by atoms with Gasteiger partial charge in [-0.15, -0.1) is 0 Å². The van der Waals surface area contributed by atoms with Crippen molar-refractivity contribution in [2.24, 2.45) is 11.8 Å². The summed E-state index contributed by atoms with van der Waals surface area (Å²) < 4.78 is 11.5. The van der Waals surface area contributed by atoms with Gasteiger partial charge in [0.2, 0.25) is 11.8 Å². The van der Waals surface area contributed by atoms with Crippen LogP contribution in [0.1, 0.15) is 12.0 Å². The van der Waals surface area contributed by atoms with Crippen LogP contribution < -0.4 is 15.0 Å². The summed E-state index contributed by atoms with van der Waals surface area (Å²) >= 11 is 0. The van der Waals surface area contributed by atoms with Gasteiger partial charge in [0.1, 0.15) is 11.4 Å². The molecule has 31 heavy (non-hydrogen) atoms. The van der Waals surface area contributed by atoms with E-state index in [0.29, 0.717) is 18.8 Å². The predicted molar refractivity (Wildman–Crippen MR) is 117 cm³/mol. The smallest absolute Gasteiger partial charge is 0.234 e. The number of carbonyl (C=O) groups is 2.